The van der Waals surface area contributed by atoms with E-state index in [1.54, 1.807) is 6.20 Å². The zero-order chi connectivity index (χ0) is 16.5. The molecule has 3 fully saturated rings. The second kappa shape index (κ2) is 6.78. The number of hydrogen-bond acceptors (Lipinski definition) is 5. The molecule has 3 aliphatic heterocycles. The SMILES string of the molecule is O=C(N[C@H]1CN2CCC1CC2)c1ncc(Sc2cccc(Cl)c2)o1. The number of amides is 1. The van der Waals surface area contributed by atoms with Gasteiger partial charge in [0.2, 0.25) is 0 Å². The van der Waals surface area contributed by atoms with Gasteiger partial charge in [-0.1, -0.05) is 29.4 Å². The van der Waals surface area contributed by atoms with E-state index in [4.69, 9.17) is 16.0 Å². The number of fused-ring (bicyclic) bond motifs is 3. The van der Waals surface area contributed by atoms with Crippen LogP contribution in [0.15, 0.2) is 44.9 Å². The predicted octanol–water partition coefficient (Wildman–Crippen LogP) is 3.30. The maximum absolute atomic E-state index is 12.4. The summed E-state index contributed by atoms with van der Waals surface area (Å²) in [7, 11) is 0. The molecule has 24 heavy (non-hydrogen) atoms. The van der Waals surface area contributed by atoms with Gasteiger partial charge in [0, 0.05) is 22.5 Å². The highest BCUT2D eigenvalue weighted by molar-refractivity contribution is 7.99. The summed E-state index contributed by atoms with van der Waals surface area (Å²) in [6, 6.07) is 7.69. The molecule has 4 heterocycles. The monoisotopic (exact) mass is 363 g/mol. The molecule has 5 rings (SSSR count). The number of benzene rings is 1. The minimum Gasteiger partial charge on any atom is -0.425 e. The van der Waals surface area contributed by atoms with Crippen molar-refractivity contribution in [1.29, 1.82) is 0 Å². The lowest BCUT2D eigenvalue weighted by molar-refractivity contribution is 0.0599. The molecule has 0 saturated carbocycles. The van der Waals surface area contributed by atoms with E-state index in [1.165, 1.54) is 11.8 Å². The lowest BCUT2D eigenvalue weighted by Crippen LogP contribution is -2.57. The molecule has 2 aromatic rings. The van der Waals surface area contributed by atoms with Crippen LogP contribution in [0.25, 0.3) is 0 Å². The van der Waals surface area contributed by atoms with Gasteiger partial charge in [-0.15, -0.1) is 0 Å². The van der Waals surface area contributed by atoms with Crippen LogP contribution >= 0.6 is 23.4 Å². The molecule has 0 spiro atoms. The van der Waals surface area contributed by atoms with Crippen LogP contribution < -0.4 is 5.32 Å². The van der Waals surface area contributed by atoms with E-state index >= 15 is 0 Å². The van der Waals surface area contributed by atoms with Gasteiger partial charge >= 0.3 is 5.91 Å². The van der Waals surface area contributed by atoms with Crippen molar-refractivity contribution >= 4 is 29.3 Å². The van der Waals surface area contributed by atoms with E-state index in [-0.39, 0.29) is 17.8 Å². The number of nitrogens with zero attached hydrogens (tertiary/aromatic N) is 2. The number of piperidine rings is 3. The third-order valence-electron chi connectivity index (χ3n) is 4.67. The molecule has 5 nitrogen and oxygen atoms in total. The molecular formula is C17H18ClN3O2S. The zero-order valence-corrected chi connectivity index (χ0v) is 14.6. The lowest BCUT2D eigenvalue weighted by Gasteiger charge is -2.44. The minimum atomic E-state index is -0.230. The van der Waals surface area contributed by atoms with Crippen LogP contribution in [0.1, 0.15) is 23.5 Å². The maximum atomic E-state index is 12.4. The number of nitrogens with one attached hydrogen (secondary N) is 1. The summed E-state index contributed by atoms with van der Waals surface area (Å²) in [4.78, 5) is 19.9. The van der Waals surface area contributed by atoms with Gasteiger partial charge in [0.25, 0.3) is 5.89 Å². The molecule has 1 atom stereocenters. The van der Waals surface area contributed by atoms with Gasteiger partial charge in [-0.2, -0.15) is 0 Å². The molecule has 0 aliphatic carbocycles. The van der Waals surface area contributed by atoms with Gasteiger partial charge in [-0.05, 0) is 50.0 Å². The van der Waals surface area contributed by atoms with Crippen molar-refractivity contribution in [2.24, 2.45) is 5.92 Å². The van der Waals surface area contributed by atoms with Crippen molar-refractivity contribution in [3.63, 3.8) is 0 Å². The van der Waals surface area contributed by atoms with Crippen LogP contribution in [-0.4, -0.2) is 41.5 Å². The first-order valence-electron chi connectivity index (χ1n) is 8.10. The highest BCUT2D eigenvalue weighted by Gasteiger charge is 2.35. The van der Waals surface area contributed by atoms with Gasteiger partial charge in [0.05, 0.1) is 6.20 Å². The van der Waals surface area contributed by atoms with Crippen molar-refractivity contribution in [2.45, 2.75) is 28.9 Å². The van der Waals surface area contributed by atoms with Crippen LogP contribution in [0.4, 0.5) is 0 Å². The van der Waals surface area contributed by atoms with Gasteiger partial charge in [0.15, 0.2) is 5.09 Å². The summed E-state index contributed by atoms with van der Waals surface area (Å²) in [5.74, 6) is 0.469. The van der Waals surface area contributed by atoms with Crippen LogP contribution in [0.2, 0.25) is 5.02 Å². The molecule has 7 heteroatoms. The summed E-state index contributed by atoms with van der Waals surface area (Å²) in [5, 5.41) is 4.33. The van der Waals surface area contributed by atoms with Gasteiger partial charge in [-0.3, -0.25) is 4.79 Å². The number of carbonyl (C=O) groups is 1. The van der Waals surface area contributed by atoms with Crippen molar-refractivity contribution in [3.8, 4) is 0 Å². The first kappa shape index (κ1) is 16.0. The van der Waals surface area contributed by atoms with Gasteiger partial charge in [-0.25, -0.2) is 4.98 Å². The number of oxazole rings is 1. The van der Waals surface area contributed by atoms with Crippen molar-refractivity contribution in [2.75, 3.05) is 19.6 Å². The Kier molecular flexibility index (Phi) is 4.52. The largest absolute Gasteiger partial charge is 0.425 e. The summed E-state index contributed by atoms with van der Waals surface area (Å²) >= 11 is 7.37. The average Bonchev–Trinajstić information content (AvgIpc) is 3.05. The third-order valence-corrected chi connectivity index (χ3v) is 5.78. The van der Waals surface area contributed by atoms with Crippen LogP contribution in [0, 0.1) is 5.92 Å². The second-order valence-electron chi connectivity index (χ2n) is 6.26. The van der Waals surface area contributed by atoms with Crippen molar-refractivity contribution in [3.05, 3.63) is 41.4 Å². The van der Waals surface area contributed by atoms with Crippen molar-refractivity contribution < 1.29 is 9.21 Å². The Morgan fingerprint density at radius 3 is 2.92 bits per heavy atom. The molecule has 3 saturated heterocycles. The smallest absolute Gasteiger partial charge is 0.307 e. The van der Waals surface area contributed by atoms with E-state index in [0.717, 1.165) is 37.4 Å². The number of aromatic nitrogens is 1. The van der Waals surface area contributed by atoms with Crippen LogP contribution in [-0.2, 0) is 0 Å². The normalized spacial score (nSPS) is 25.6. The predicted molar refractivity (Wildman–Crippen MR) is 92.5 cm³/mol. The van der Waals surface area contributed by atoms with Crippen molar-refractivity contribution in [1.82, 2.24) is 15.2 Å². The Bertz CT molecular complexity index is 743. The summed E-state index contributed by atoms with van der Waals surface area (Å²) in [6.07, 6.45) is 3.90. The average molecular weight is 364 g/mol. The molecule has 2 bridgehead atoms. The van der Waals surface area contributed by atoms with E-state index in [1.807, 2.05) is 24.3 Å². The fourth-order valence-electron chi connectivity index (χ4n) is 3.42. The van der Waals surface area contributed by atoms with E-state index in [0.29, 0.717) is 16.0 Å². The summed E-state index contributed by atoms with van der Waals surface area (Å²) in [5.41, 5.74) is 0. The van der Waals surface area contributed by atoms with E-state index in [9.17, 15) is 4.79 Å². The summed E-state index contributed by atoms with van der Waals surface area (Å²) < 4.78 is 5.59. The van der Waals surface area contributed by atoms with Crippen LogP contribution in [0.5, 0.6) is 0 Å². The van der Waals surface area contributed by atoms with E-state index < -0.39 is 0 Å². The lowest BCUT2D eigenvalue weighted by atomic mass is 9.84. The highest BCUT2D eigenvalue weighted by atomic mass is 35.5. The third kappa shape index (κ3) is 3.45. The molecule has 1 aromatic carbocycles. The van der Waals surface area contributed by atoms with Crippen LogP contribution in [0.3, 0.4) is 0 Å². The molecule has 1 N–H and O–H groups in total. The Balaban J connectivity index is 1.40. The number of carbonyl (C=O) groups excluding carboxylic acids is 1. The molecule has 1 aromatic heterocycles. The molecule has 0 radical (unpaired) electrons. The molecule has 126 valence electrons. The molecular weight excluding hydrogens is 346 g/mol. The number of halogens is 1. The van der Waals surface area contributed by atoms with E-state index in [2.05, 4.69) is 15.2 Å². The summed E-state index contributed by atoms with van der Waals surface area (Å²) in [6.45, 7) is 3.23. The second-order valence-corrected chi connectivity index (χ2v) is 7.78. The number of hydrogen-bond donors (Lipinski definition) is 1. The van der Waals surface area contributed by atoms with Gasteiger partial charge < -0.3 is 14.6 Å². The quantitative estimate of drug-likeness (QED) is 0.903. The fraction of sp³-hybridized carbons (Fsp3) is 0.412. The first-order chi connectivity index (χ1) is 11.7. The Morgan fingerprint density at radius 1 is 1.38 bits per heavy atom. The topological polar surface area (TPSA) is 58.4 Å². The molecule has 3 aliphatic rings. The molecule has 0 unspecified atom stereocenters. The fourth-order valence-corrected chi connectivity index (χ4v) is 4.46. The Labute approximate surface area is 149 Å². The minimum absolute atomic E-state index is 0.121. The standard InChI is InChI=1S/C17H18ClN3O2S/c18-12-2-1-3-13(8-12)24-15-9-19-17(23-15)16(22)20-14-10-21-6-4-11(14)5-7-21/h1-3,8-9,11,14H,4-7,10H2,(H,20,22)/t14-/m0/s1. The zero-order valence-electron chi connectivity index (χ0n) is 13.1. The molecule has 1 amide bonds. The maximum Gasteiger partial charge on any atom is 0.307 e. The highest BCUT2D eigenvalue weighted by Crippen LogP contribution is 2.30. The van der Waals surface area contributed by atoms with Gasteiger partial charge in [0.1, 0.15) is 0 Å². The Hall–Kier alpha value is -1.50. The Morgan fingerprint density at radius 2 is 2.21 bits per heavy atom. The first-order valence-corrected chi connectivity index (χ1v) is 9.29. The number of rotatable bonds is 4.